The molecule has 2 aromatic rings. The molecule has 1 saturated heterocycles. The van der Waals surface area contributed by atoms with E-state index in [4.69, 9.17) is 4.74 Å². The lowest BCUT2D eigenvalue weighted by molar-refractivity contribution is -0.120. The largest absolute Gasteiger partial charge is 0.379 e. The van der Waals surface area contributed by atoms with Crippen LogP contribution in [-0.4, -0.2) is 48.6 Å². The van der Waals surface area contributed by atoms with Crippen LogP contribution in [0, 0.1) is 11.6 Å². The van der Waals surface area contributed by atoms with Crippen LogP contribution in [-0.2, 0) is 16.0 Å². The van der Waals surface area contributed by atoms with Crippen LogP contribution in [0.5, 0.6) is 0 Å². The zero-order chi connectivity index (χ0) is 18.4. The van der Waals surface area contributed by atoms with Crippen molar-refractivity contribution in [3.8, 4) is 0 Å². The zero-order valence-corrected chi connectivity index (χ0v) is 14.3. The summed E-state index contributed by atoms with van der Waals surface area (Å²) in [4.78, 5) is 18.6. The maximum Gasteiger partial charge on any atom is 0.224 e. The Kier molecular flexibility index (Phi) is 6.25. The third kappa shape index (κ3) is 4.83. The average molecular weight is 361 g/mol. The highest BCUT2D eigenvalue weighted by atomic mass is 19.1. The van der Waals surface area contributed by atoms with Gasteiger partial charge in [-0.1, -0.05) is 12.1 Å². The maximum atomic E-state index is 13.7. The molecule has 5 nitrogen and oxygen atoms in total. The Morgan fingerprint density at radius 3 is 2.77 bits per heavy atom. The average Bonchev–Trinajstić information content (AvgIpc) is 2.66. The Morgan fingerprint density at radius 1 is 1.27 bits per heavy atom. The number of aromatic nitrogens is 1. The van der Waals surface area contributed by atoms with Crippen molar-refractivity contribution in [2.45, 2.75) is 12.5 Å². The molecule has 1 amide bonds. The Balaban J connectivity index is 1.64. The summed E-state index contributed by atoms with van der Waals surface area (Å²) >= 11 is 0. The third-order valence-electron chi connectivity index (χ3n) is 4.41. The second-order valence-electron chi connectivity index (χ2n) is 6.17. The van der Waals surface area contributed by atoms with Crippen molar-refractivity contribution in [3.05, 3.63) is 65.5 Å². The Morgan fingerprint density at radius 2 is 2.08 bits per heavy atom. The first-order valence-corrected chi connectivity index (χ1v) is 8.56. The molecule has 2 heterocycles. The number of amides is 1. The van der Waals surface area contributed by atoms with E-state index >= 15 is 0 Å². The van der Waals surface area contributed by atoms with E-state index in [0.717, 1.165) is 30.8 Å². The number of morpholine rings is 1. The lowest BCUT2D eigenvalue weighted by Crippen LogP contribution is -2.44. The summed E-state index contributed by atoms with van der Waals surface area (Å²) in [5, 5.41) is 2.86. The molecule has 1 aliphatic rings. The van der Waals surface area contributed by atoms with E-state index in [9.17, 15) is 13.6 Å². The van der Waals surface area contributed by atoms with Crippen LogP contribution in [0.15, 0.2) is 42.7 Å². The first-order chi connectivity index (χ1) is 12.6. The fraction of sp³-hybridized carbons (Fsp3) is 0.368. The minimum absolute atomic E-state index is 0.0328. The van der Waals surface area contributed by atoms with E-state index in [1.54, 1.807) is 12.4 Å². The van der Waals surface area contributed by atoms with Crippen LogP contribution in [0.4, 0.5) is 8.78 Å². The predicted molar refractivity (Wildman–Crippen MR) is 92.4 cm³/mol. The number of nitrogens with zero attached hydrogens (tertiary/aromatic N) is 2. The molecular weight excluding hydrogens is 340 g/mol. The summed E-state index contributed by atoms with van der Waals surface area (Å²) in [6, 6.07) is 7.03. The fourth-order valence-electron chi connectivity index (χ4n) is 3.03. The van der Waals surface area contributed by atoms with Gasteiger partial charge in [0.2, 0.25) is 5.91 Å². The minimum Gasteiger partial charge on any atom is -0.379 e. The maximum absolute atomic E-state index is 13.7. The molecule has 0 bridgehead atoms. The second kappa shape index (κ2) is 8.82. The van der Waals surface area contributed by atoms with Crippen LogP contribution < -0.4 is 5.32 Å². The number of carbonyl (C=O) groups excluding carboxylic acids is 1. The summed E-state index contributed by atoms with van der Waals surface area (Å²) < 4.78 is 32.1. The van der Waals surface area contributed by atoms with Crippen LogP contribution in [0.2, 0.25) is 0 Å². The number of hydrogen-bond acceptors (Lipinski definition) is 4. The number of hydrogen-bond donors (Lipinski definition) is 1. The van der Waals surface area contributed by atoms with Crippen molar-refractivity contribution >= 4 is 5.91 Å². The van der Waals surface area contributed by atoms with Crippen molar-refractivity contribution < 1.29 is 18.3 Å². The SMILES string of the molecule is O=C(Cc1ccc(F)cc1F)NC[C@H](c1cccnc1)N1CCOCC1. The monoisotopic (exact) mass is 361 g/mol. The van der Waals surface area contributed by atoms with E-state index in [0.29, 0.717) is 19.8 Å². The van der Waals surface area contributed by atoms with Crippen molar-refractivity contribution in [2.24, 2.45) is 0 Å². The van der Waals surface area contributed by atoms with E-state index in [2.05, 4.69) is 15.2 Å². The number of halogens is 2. The molecule has 1 aliphatic heterocycles. The van der Waals surface area contributed by atoms with Crippen LogP contribution in [0.1, 0.15) is 17.2 Å². The normalized spacial score (nSPS) is 16.2. The van der Waals surface area contributed by atoms with Gasteiger partial charge in [0.05, 0.1) is 25.7 Å². The summed E-state index contributed by atoms with van der Waals surface area (Å²) in [6.45, 7) is 3.20. The highest BCUT2D eigenvalue weighted by Gasteiger charge is 2.23. The van der Waals surface area contributed by atoms with Gasteiger partial charge in [0, 0.05) is 38.1 Å². The molecule has 3 rings (SSSR count). The van der Waals surface area contributed by atoms with Gasteiger partial charge in [0.15, 0.2) is 0 Å². The number of ether oxygens (including phenoxy) is 1. The van der Waals surface area contributed by atoms with Gasteiger partial charge >= 0.3 is 0 Å². The second-order valence-corrected chi connectivity index (χ2v) is 6.17. The summed E-state index contributed by atoms with van der Waals surface area (Å²) in [7, 11) is 0. The summed E-state index contributed by atoms with van der Waals surface area (Å²) in [5.74, 6) is -1.68. The number of nitrogens with one attached hydrogen (secondary N) is 1. The van der Waals surface area contributed by atoms with Gasteiger partial charge in [-0.3, -0.25) is 14.7 Å². The van der Waals surface area contributed by atoms with E-state index < -0.39 is 11.6 Å². The molecule has 0 radical (unpaired) electrons. The number of rotatable bonds is 6. The Bertz CT molecular complexity index is 737. The number of benzene rings is 1. The van der Waals surface area contributed by atoms with Crippen molar-refractivity contribution in [2.75, 3.05) is 32.8 Å². The van der Waals surface area contributed by atoms with Crippen LogP contribution in [0.25, 0.3) is 0 Å². The van der Waals surface area contributed by atoms with Crippen molar-refractivity contribution in [1.82, 2.24) is 15.2 Å². The third-order valence-corrected chi connectivity index (χ3v) is 4.41. The van der Waals surface area contributed by atoms with Crippen molar-refractivity contribution in [1.29, 1.82) is 0 Å². The topological polar surface area (TPSA) is 54.5 Å². The molecule has 1 atom stereocenters. The van der Waals surface area contributed by atoms with Gasteiger partial charge in [0.1, 0.15) is 11.6 Å². The molecule has 0 saturated carbocycles. The highest BCUT2D eigenvalue weighted by Crippen LogP contribution is 2.20. The first kappa shape index (κ1) is 18.4. The van der Waals surface area contributed by atoms with E-state index in [-0.39, 0.29) is 23.9 Å². The molecule has 1 N–H and O–H groups in total. The molecule has 0 spiro atoms. The number of carbonyl (C=O) groups is 1. The van der Waals surface area contributed by atoms with Gasteiger partial charge in [0.25, 0.3) is 0 Å². The molecule has 7 heteroatoms. The fourth-order valence-corrected chi connectivity index (χ4v) is 3.03. The van der Waals surface area contributed by atoms with Crippen LogP contribution in [0.3, 0.4) is 0 Å². The Hall–Kier alpha value is -2.38. The molecule has 1 fully saturated rings. The van der Waals surface area contributed by atoms with Crippen molar-refractivity contribution in [3.63, 3.8) is 0 Å². The standard InChI is InChI=1S/C19H21F2N3O2/c20-16-4-3-14(17(21)11-16)10-19(25)23-13-18(15-2-1-5-22-12-15)24-6-8-26-9-7-24/h1-5,11-12,18H,6-10,13H2,(H,23,25)/t18-/m1/s1. The summed E-state index contributed by atoms with van der Waals surface area (Å²) in [6.07, 6.45) is 3.36. The van der Waals surface area contributed by atoms with E-state index in [1.807, 2.05) is 12.1 Å². The van der Waals surface area contributed by atoms with Crippen LogP contribution >= 0.6 is 0 Å². The first-order valence-electron chi connectivity index (χ1n) is 8.56. The molecule has 26 heavy (non-hydrogen) atoms. The predicted octanol–water partition coefficient (Wildman–Crippen LogP) is 2.09. The Labute approximate surface area is 151 Å². The summed E-state index contributed by atoms with van der Waals surface area (Å²) in [5.41, 5.74) is 1.18. The zero-order valence-electron chi connectivity index (χ0n) is 14.3. The quantitative estimate of drug-likeness (QED) is 0.856. The molecular formula is C19H21F2N3O2. The minimum atomic E-state index is -0.711. The van der Waals surface area contributed by atoms with Gasteiger partial charge in [-0.05, 0) is 23.3 Å². The van der Waals surface area contributed by atoms with Gasteiger partial charge in [-0.15, -0.1) is 0 Å². The molecule has 138 valence electrons. The molecule has 0 aliphatic carbocycles. The smallest absolute Gasteiger partial charge is 0.224 e. The van der Waals surface area contributed by atoms with Gasteiger partial charge < -0.3 is 10.1 Å². The lowest BCUT2D eigenvalue weighted by Gasteiger charge is -2.34. The molecule has 0 unspecified atom stereocenters. The molecule has 1 aromatic carbocycles. The van der Waals surface area contributed by atoms with Gasteiger partial charge in [-0.25, -0.2) is 8.78 Å². The lowest BCUT2D eigenvalue weighted by atomic mass is 10.1. The highest BCUT2D eigenvalue weighted by molar-refractivity contribution is 5.78. The molecule has 1 aromatic heterocycles. The van der Waals surface area contributed by atoms with Gasteiger partial charge in [-0.2, -0.15) is 0 Å². The van der Waals surface area contributed by atoms with E-state index in [1.165, 1.54) is 6.07 Å². The number of pyridine rings is 1.